The first-order chi connectivity index (χ1) is 14.4. The first-order valence-electron chi connectivity index (χ1n) is 10.6. The highest BCUT2D eigenvalue weighted by Crippen LogP contribution is 2.24. The second-order valence-corrected chi connectivity index (χ2v) is 8.43. The van der Waals surface area contributed by atoms with E-state index in [2.05, 4.69) is 47.1 Å². The lowest BCUT2D eigenvalue weighted by Gasteiger charge is -2.29. The molecular weight excluding hydrogens is 378 g/mol. The van der Waals surface area contributed by atoms with Crippen molar-refractivity contribution in [1.29, 1.82) is 0 Å². The highest BCUT2D eigenvalue weighted by atomic mass is 15.3. The van der Waals surface area contributed by atoms with E-state index in [9.17, 15) is 0 Å². The number of pyridine rings is 1. The van der Waals surface area contributed by atoms with Gasteiger partial charge in [-0.3, -0.25) is 0 Å². The molecule has 0 saturated carbocycles. The number of anilines is 3. The molecule has 9 nitrogen and oxygen atoms in total. The molecule has 30 heavy (non-hydrogen) atoms. The third-order valence-electron chi connectivity index (χ3n) is 5.55. The molecule has 0 amide bonds. The largest absolute Gasteiger partial charge is 0.380 e. The molecule has 9 heteroatoms. The molecule has 0 atom stereocenters. The topological polar surface area (TPSA) is 123 Å². The van der Waals surface area contributed by atoms with Gasteiger partial charge in [0.05, 0.1) is 11.4 Å². The van der Waals surface area contributed by atoms with Crippen LogP contribution in [0, 0.1) is 12.8 Å². The molecule has 1 aliphatic heterocycles. The van der Waals surface area contributed by atoms with Crippen molar-refractivity contribution in [1.82, 2.24) is 29.9 Å². The van der Waals surface area contributed by atoms with E-state index in [4.69, 9.17) is 21.4 Å². The summed E-state index contributed by atoms with van der Waals surface area (Å²) in [5, 5.41) is 7.78. The Labute approximate surface area is 176 Å². The number of rotatable bonds is 6. The quantitative estimate of drug-likeness (QED) is 0.561. The summed E-state index contributed by atoms with van der Waals surface area (Å²) in [6.07, 6.45) is 4.53. The Morgan fingerprint density at radius 2 is 1.93 bits per heavy atom. The molecule has 0 aromatic carbocycles. The molecule has 0 unspecified atom stereocenters. The number of fused-ring (bicyclic) bond motifs is 1. The predicted octanol–water partition coefficient (Wildman–Crippen LogP) is 1.58. The van der Waals surface area contributed by atoms with Crippen molar-refractivity contribution in [3.8, 4) is 0 Å². The van der Waals surface area contributed by atoms with Gasteiger partial charge in [-0.1, -0.05) is 19.9 Å². The summed E-state index contributed by atoms with van der Waals surface area (Å²) in [4.78, 5) is 16.0. The number of aryl methyl sites for hydroxylation is 2. The van der Waals surface area contributed by atoms with Crippen molar-refractivity contribution in [2.75, 3.05) is 42.5 Å². The number of hydrogen-bond donors (Lipinski definition) is 3. The van der Waals surface area contributed by atoms with Crippen LogP contribution < -0.4 is 21.7 Å². The summed E-state index contributed by atoms with van der Waals surface area (Å²) in [5.41, 5.74) is 16.8. The highest BCUT2D eigenvalue weighted by molar-refractivity contribution is 5.62. The molecule has 4 heterocycles. The summed E-state index contributed by atoms with van der Waals surface area (Å²) in [5.74, 6) is 2.10. The van der Waals surface area contributed by atoms with Crippen molar-refractivity contribution >= 4 is 23.2 Å². The monoisotopic (exact) mass is 409 g/mol. The Kier molecular flexibility index (Phi) is 5.72. The van der Waals surface area contributed by atoms with Crippen LogP contribution in [0.4, 0.5) is 17.6 Å². The van der Waals surface area contributed by atoms with Crippen LogP contribution in [0.25, 0.3) is 5.65 Å². The number of piperazine rings is 1. The fourth-order valence-electron chi connectivity index (χ4n) is 3.99. The lowest BCUT2D eigenvalue weighted by atomic mass is 10.0. The maximum absolute atomic E-state index is 6.08. The fourth-order valence-corrected chi connectivity index (χ4v) is 3.99. The summed E-state index contributed by atoms with van der Waals surface area (Å²) in [6, 6.07) is 2.21. The lowest BCUT2D eigenvalue weighted by molar-refractivity contribution is 0.580. The molecule has 0 bridgehead atoms. The van der Waals surface area contributed by atoms with Crippen LogP contribution >= 0.6 is 0 Å². The summed E-state index contributed by atoms with van der Waals surface area (Å²) in [6.45, 7) is 10.5. The Morgan fingerprint density at radius 3 is 2.63 bits per heavy atom. The Balaban J connectivity index is 1.68. The van der Waals surface area contributed by atoms with Crippen molar-refractivity contribution < 1.29 is 0 Å². The highest BCUT2D eigenvalue weighted by Gasteiger charge is 2.19. The van der Waals surface area contributed by atoms with E-state index in [1.54, 1.807) is 4.52 Å². The number of nitrogens with one attached hydrogen (secondary N) is 1. The van der Waals surface area contributed by atoms with Gasteiger partial charge in [-0.15, -0.1) is 5.10 Å². The Morgan fingerprint density at radius 1 is 1.17 bits per heavy atom. The smallest absolute Gasteiger partial charge is 0.240 e. The van der Waals surface area contributed by atoms with E-state index in [0.717, 1.165) is 61.8 Å². The maximum Gasteiger partial charge on any atom is 0.240 e. The molecule has 160 valence electrons. The molecule has 0 spiro atoms. The van der Waals surface area contributed by atoms with Crippen molar-refractivity contribution in [2.24, 2.45) is 5.92 Å². The second kappa shape index (κ2) is 8.43. The zero-order valence-corrected chi connectivity index (χ0v) is 18.0. The van der Waals surface area contributed by atoms with E-state index >= 15 is 0 Å². The van der Waals surface area contributed by atoms with Gasteiger partial charge in [0.2, 0.25) is 5.95 Å². The molecule has 5 N–H and O–H groups in total. The minimum Gasteiger partial charge on any atom is -0.380 e. The molecule has 3 aromatic rings. The van der Waals surface area contributed by atoms with Gasteiger partial charge in [0.25, 0.3) is 0 Å². The minimum absolute atomic E-state index is 0.150. The van der Waals surface area contributed by atoms with E-state index in [1.165, 1.54) is 5.56 Å². The second-order valence-electron chi connectivity index (χ2n) is 8.43. The molecule has 4 rings (SSSR count). The van der Waals surface area contributed by atoms with Crippen LogP contribution in [0.2, 0.25) is 0 Å². The van der Waals surface area contributed by atoms with Gasteiger partial charge in [0.15, 0.2) is 11.5 Å². The summed E-state index contributed by atoms with van der Waals surface area (Å²) in [7, 11) is 0. The molecular formula is C21H31N9. The minimum atomic E-state index is 0.150. The predicted molar refractivity (Wildman–Crippen MR) is 120 cm³/mol. The zero-order valence-electron chi connectivity index (χ0n) is 18.0. The van der Waals surface area contributed by atoms with Gasteiger partial charge in [-0.2, -0.15) is 4.98 Å². The number of aromatic nitrogens is 5. The lowest BCUT2D eigenvalue weighted by Crippen LogP contribution is -2.44. The molecule has 1 fully saturated rings. The van der Waals surface area contributed by atoms with Crippen LogP contribution in [0.1, 0.15) is 42.8 Å². The molecule has 1 saturated heterocycles. The number of nitrogens with two attached hydrogens (primary N) is 2. The first kappa shape index (κ1) is 20.3. The SMILES string of the molecule is Cc1cc(Cc2c(CCC(C)C)nc3c(N)nc(N)nn23)cnc1N1CCNCC1. The Hall–Kier alpha value is -2.94. The van der Waals surface area contributed by atoms with Gasteiger partial charge >= 0.3 is 0 Å². The average molecular weight is 410 g/mol. The Bertz CT molecular complexity index is 1030. The van der Waals surface area contributed by atoms with Gasteiger partial charge in [-0.25, -0.2) is 14.5 Å². The zero-order chi connectivity index (χ0) is 21.3. The molecule has 3 aromatic heterocycles. The summed E-state index contributed by atoms with van der Waals surface area (Å²) >= 11 is 0. The van der Waals surface area contributed by atoms with Gasteiger partial charge in [0.1, 0.15) is 5.82 Å². The molecule has 0 radical (unpaired) electrons. The summed E-state index contributed by atoms with van der Waals surface area (Å²) < 4.78 is 1.76. The standard InChI is InChI=1S/C21H31N9/c1-13(2)4-5-16-17(30-20(26-16)18(22)27-21(23)28-30)11-15-10-14(3)19(25-12-15)29-8-6-24-7-9-29/h10,12-13,24H,4-9,11H2,1-3H3,(H4,22,23,27,28). The van der Waals surface area contributed by atoms with E-state index < -0.39 is 0 Å². The third-order valence-corrected chi connectivity index (χ3v) is 5.55. The van der Waals surface area contributed by atoms with E-state index in [0.29, 0.717) is 23.8 Å². The van der Waals surface area contributed by atoms with Crippen LogP contribution in [0.15, 0.2) is 12.3 Å². The van der Waals surface area contributed by atoms with Gasteiger partial charge in [0, 0.05) is 38.8 Å². The maximum atomic E-state index is 6.08. The molecule has 0 aliphatic carbocycles. The normalized spacial score (nSPS) is 14.7. The number of imidazole rings is 1. The fraction of sp³-hybridized carbons (Fsp3) is 0.524. The van der Waals surface area contributed by atoms with Crippen LogP contribution in [0.5, 0.6) is 0 Å². The van der Waals surface area contributed by atoms with Crippen LogP contribution in [-0.2, 0) is 12.8 Å². The molecule has 1 aliphatic rings. The average Bonchev–Trinajstić information content (AvgIpc) is 3.05. The first-order valence-corrected chi connectivity index (χ1v) is 10.6. The third kappa shape index (κ3) is 4.16. The van der Waals surface area contributed by atoms with E-state index in [1.807, 2.05) is 6.20 Å². The number of nitrogen functional groups attached to an aromatic ring is 2. The van der Waals surface area contributed by atoms with E-state index in [-0.39, 0.29) is 5.95 Å². The number of hydrogen-bond acceptors (Lipinski definition) is 8. The van der Waals surface area contributed by atoms with Crippen molar-refractivity contribution in [2.45, 2.75) is 40.0 Å². The van der Waals surface area contributed by atoms with Crippen LogP contribution in [-0.4, -0.2) is 50.7 Å². The number of nitrogens with zero attached hydrogens (tertiary/aromatic N) is 6. The van der Waals surface area contributed by atoms with Crippen molar-refractivity contribution in [3.63, 3.8) is 0 Å². The van der Waals surface area contributed by atoms with Gasteiger partial charge < -0.3 is 21.7 Å². The van der Waals surface area contributed by atoms with Gasteiger partial charge in [-0.05, 0) is 36.8 Å². The van der Waals surface area contributed by atoms with Crippen LogP contribution in [0.3, 0.4) is 0 Å². The van der Waals surface area contributed by atoms with Crippen molar-refractivity contribution in [3.05, 3.63) is 34.8 Å².